The van der Waals surface area contributed by atoms with E-state index in [1.54, 1.807) is 0 Å². The third-order valence-electron chi connectivity index (χ3n) is 2.24. The van der Waals surface area contributed by atoms with Gasteiger partial charge in [0.1, 0.15) is 11.6 Å². The van der Waals surface area contributed by atoms with Gasteiger partial charge in [0.25, 0.3) is 0 Å². The number of hydrogen-bond donors (Lipinski definition) is 4. The number of urea groups is 1. The van der Waals surface area contributed by atoms with Crippen LogP contribution in [0.3, 0.4) is 0 Å². The molecule has 0 bridgehead atoms. The Morgan fingerprint density at radius 2 is 2.00 bits per heavy atom. The lowest BCUT2D eigenvalue weighted by atomic mass is 10.2. The lowest BCUT2D eigenvalue weighted by molar-refractivity contribution is -0.140. The van der Waals surface area contributed by atoms with Crippen molar-refractivity contribution in [2.75, 3.05) is 6.61 Å². The van der Waals surface area contributed by atoms with Crippen molar-refractivity contribution in [3.63, 3.8) is 0 Å². The number of aliphatic carboxylic acids is 1. The Labute approximate surface area is 107 Å². The Balaban J connectivity index is 2.52. The highest BCUT2D eigenvalue weighted by atomic mass is 19.1. The standard InChI is InChI=1S/C11H12F2N2O4/c12-7-2-1-6(8(13)3-7)4-14-11(19)15-9(5-16)10(17)18/h1-3,9,16H,4-5H2,(H,17,18)(H2,14,15,19)/t9-/m1/s1. The van der Waals surface area contributed by atoms with Crippen LogP contribution in [0.15, 0.2) is 18.2 Å². The highest BCUT2D eigenvalue weighted by Crippen LogP contribution is 2.08. The molecule has 2 amide bonds. The zero-order valence-electron chi connectivity index (χ0n) is 9.69. The van der Waals surface area contributed by atoms with Crippen molar-refractivity contribution >= 4 is 12.0 Å². The van der Waals surface area contributed by atoms with E-state index in [1.807, 2.05) is 5.32 Å². The summed E-state index contributed by atoms with van der Waals surface area (Å²) >= 11 is 0. The van der Waals surface area contributed by atoms with Gasteiger partial charge in [0.15, 0.2) is 6.04 Å². The van der Waals surface area contributed by atoms with E-state index < -0.39 is 36.3 Å². The van der Waals surface area contributed by atoms with Crippen molar-refractivity contribution in [1.82, 2.24) is 10.6 Å². The molecule has 1 aromatic carbocycles. The van der Waals surface area contributed by atoms with Crippen molar-refractivity contribution in [1.29, 1.82) is 0 Å². The van der Waals surface area contributed by atoms with Crippen LogP contribution < -0.4 is 10.6 Å². The maximum Gasteiger partial charge on any atom is 0.328 e. The quantitative estimate of drug-likeness (QED) is 0.617. The summed E-state index contributed by atoms with van der Waals surface area (Å²) in [6.07, 6.45) is 0. The molecule has 0 saturated heterocycles. The molecule has 1 rings (SSSR count). The molecule has 0 saturated carbocycles. The van der Waals surface area contributed by atoms with Gasteiger partial charge in [-0.05, 0) is 6.07 Å². The second-order valence-electron chi connectivity index (χ2n) is 3.64. The lowest BCUT2D eigenvalue weighted by Crippen LogP contribution is -2.47. The number of carboxylic acid groups (broad SMARTS) is 1. The number of amides is 2. The van der Waals surface area contributed by atoms with E-state index in [0.717, 1.165) is 12.1 Å². The van der Waals surface area contributed by atoms with Crippen molar-refractivity contribution in [3.05, 3.63) is 35.4 Å². The van der Waals surface area contributed by atoms with Gasteiger partial charge in [-0.15, -0.1) is 0 Å². The van der Waals surface area contributed by atoms with E-state index in [9.17, 15) is 18.4 Å². The summed E-state index contributed by atoms with van der Waals surface area (Å²) in [4.78, 5) is 21.8. The van der Waals surface area contributed by atoms with Crippen LogP contribution in [0, 0.1) is 11.6 Å². The Hall–Kier alpha value is -2.22. The number of carbonyl (C=O) groups excluding carboxylic acids is 1. The molecule has 0 heterocycles. The van der Waals surface area contributed by atoms with Crippen LogP contribution in [-0.2, 0) is 11.3 Å². The largest absolute Gasteiger partial charge is 0.480 e. The number of hydrogen-bond acceptors (Lipinski definition) is 3. The van der Waals surface area contributed by atoms with Gasteiger partial charge in [0.05, 0.1) is 6.61 Å². The highest BCUT2D eigenvalue weighted by molar-refractivity contribution is 5.82. The van der Waals surface area contributed by atoms with Gasteiger partial charge in [-0.3, -0.25) is 0 Å². The predicted molar refractivity (Wildman–Crippen MR) is 60.2 cm³/mol. The first-order valence-electron chi connectivity index (χ1n) is 5.26. The Kier molecular flexibility index (Phi) is 5.19. The van der Waals surface area contributed by atoms with Crippen LogP contribution in [-0.4, -0.2) is 34.9 Å². The van der Waals surface area contributed by atoms with E-state index in [2.05, 4.69) is 5.32 Å². The van der Waals surface area contributed by atoms with Crippen LogP contribution >= 0.6 is 0 Å². The predicted octanol–water partition coefficient (Wildman–Crippen LogP) is 0.210. The zero-order chi connectivity index (χ0) is 14.4. The van der Waals surface area contributed by atoms with Crippen LogP contribution in [0.1, 0.15) is 5.56 Å². The first-order valence-corrected chi connectivity index (χ1v) is 5.26. The molecule has 0 spiro atoms. The number of benzene rings is 1. The third-order valence-corrected chi connectivity index (χ3v) is 2.24. The number of carbonyl (C=O) groups is 2. The van der Waals surface area contributed by atoms with Gasteiger partial charge >= 0.3 is 12.0 Å². The molecule has 8 heteroatoms. The monoisotopic (exact) mass is 274 g/mol. The summed E-state index contributed by atoms with van der Waals surface area (Å²) in [7, 11) is 0. The van der Waals surface area contributed by atoms with Crippen molar-refractivity contribution in [2.24, 2.45) is 0 Å². The maximum absolute atomic E-state index is 13.2. The first-order chi connectivity index (χ1) is 8.93. The minimum Gasteiger partial charge on any atom is -0.480 e. The molecule has 0 aliphatic heterocycles. The van der Waals surface area contributed by atoms with Crippen LogP contribution in [0.4, 0.5) is 13.6 Å². The van der Waals surface area contributed by atoms with Crippen LogP contribution in [0.25, 0.3) is 0 Å². The van der Waals surface area contributed by atoms with Crippen LogP contribution in [0.5, 0.6) is 0 Å². The second kappa shape index (κ2) is 6.64. The fourth-order valence-corrected chi connectivity index (χ4v) is 1.24. The average Bonchev–Trinajstić information content (AvgIpc) is 2.34. The fourth-order valence-electron chi connectivity index (χ4n) is 1.24. The molecule has 1 atom stereocenters. The van der Waals surface area contributed by atoms with Gasteiger partial charge < -0.3 is 20.8 Å². The molecule has 6 nitrogen and oxygen atoms in total. The van der Waals surface area contributed by atoms with E-state index >= 15 is 0 Å². The van der Waals surface area contributed by atoms with E-state index in [0.29, 0.717) is 6.07 Å². The summed E-state index contributed by atoms with van der Waals surface area (Å²) in [6.45, 7) is -1.01. The smallest absolute Gasteiger partial charge is 0.328 e. The Morgan fingerprint density at radius 1 is 1.32 bits per heavy atom. The summed E-state index contributed by atoms with van der Waals surface area (Å²) in [5.74, 6) is -2.96. The molecule has 104 valence electrons. The molecular weight excluding hydrogens is 262 g/mol. The number of aliphatic hydroxyl groups is 1. The Bertz CT molecular complexity index is 482. The van der Waals surface area contributed by atoms with Gasteiger partial charge in [-0.1, -0.05) is 6.07 Å². The molecule has 1 aromatic rings. The molecular formula is C11H12F2N2O4. The normalized spacial score (nSPS) is 11.7. The lowest BCUT2D eigenvalue weighted by Gasteiger charge is -2.12. The molecule has 0 fully saturated rings. The molecule has 0 unspecified atom stereocenters. The summed E-state index contributed by atoms with van der Waals surface area (Å²) in [5, 5.41) is 21.4. The Morgan fingerprint density at radius 3 is 2.53 bits per heavy atom. The average molecular weight is 274 g/mol. The summed E-state index contributed by atoms with van der Waals surface area (Å²) < 4.78 is 25.8. The molecule has 0 radical (unpaired) electrons. The zero-order valence-corrected chi connectivity index (χ0v) is 9.69. The first kappa shape index (κ1) is 14.8. The maximum atomic E-state index is 13.2. The molecule has 0 aromatic heterocycles. The fraction of sp³-hybridized carbons (Fsp3) is 0.273. The number of nitrogens with one attached hydrogen (secondary N) is 2. The number of rotatable bonds is 5. The van der Waals surface area contributed by atoms with Gasteiger partial charge in [-0.25, -0.2) is 18.4 Å². The minimum atomic E-state index is -1.45. The van der Waals surface area contributed by atoms with Gasteiger partial charge in [-0.2, -0.15) is 0 Å². The van der Waals surface area contributed by atoms with Gasteiger partial charge in [0.2, 0.25) is 0 Å². The molecule has 0 aliphatic rings. The van der Waals surface area contributed by atoms with E-state index in [1.165, 1.54) is 0 Å². The third kappa shape index (κ3) is 4.51. The molecule has 19 heavy (non-hydrogen) atoms. The highest BCUT2D eigenvalue weighted by Gasteiger charge is 2.18. The second-order valence-corrected chi connectivity index (χ2v) is 3.64. The minimum absolute atomic E-state index is 0.0485. The molecule has 4 N–H and O–H groups in total. The number of aliphatic hydroxyl groups excluding tert-OH is 1. The van der Waals surface area contributed by atoms with Crippen LogP contribution in [0.2, 0.25) is 0 Å². The van der Waals surface area contributed by atoms with Crippen molar-refractivity contribution in [3.8, 4) is 0 Å². The molecule has 0 aliphatic carbocycles. The van der Waals surface area contributed by atoms with Crippen molar-refractivity contribution in [2.45, 2.75) is 12.6 Å². The summed E-state index contributed by atoms with van der Waals surface area (Å²) in [6, 6.07) is 0.531. The SMILES string of the molecule is O=C(NCc1ccc(F)cc1F)N[C@H](CO)C(=O)O. The number of halogens is 2. The topological polar surface area (TPSA) is 98.7 Å². The van der Waals surface area contributed by atoms with E-state index in [-0.39, 0.29) is 12.1 Å². The summed E-state index contributed by atoms with van der Waals surface area (Å²) in [5.41, 5.74) is 0.0485. The van der Waals surface area contributed by atoms with Crippen molar-refractivity contribution < 1.29 is 28.6 Å². The van der Waals surface area contributed by atoms with Gasteiger partial charge in [0, 0.05) is 18.2 Å². The van der Waals surface area contributed by atoms with E-state index in [4.69, 9.17) is 10.2 Å². The number of carboxylic acids is 1.